The van der Waals surface area contributed by atoms with E-state index in [0.717, 1.165) is 39.0 Å². The van der Waals surface area contributed by atoms with Crippen LogP contribution >= 0.6 is 0 Å². The van der Waals surface area contributed by atoms with Crippen molar-refractivity contribution < 1.29 is 13.6 Å². The Morgan fingerprint density at radius 2 is 1.85 bits per heavy atom. The van der Waals surface area contributed by atoms with Gasteiger partial charge in [0.1, 0.15) is 0 Å². The van der Waals surface area contributed by atoms with Crippen LogP contribution < -0.4 is 0 Å². The van der Waals surface area contributed by atoms with Crippen LogP contribution in [-0.4, -0.2) is 11.7 Å². The molecule has 0 N–H and O–H groups in total. The lowest BCUT2D eigenvalue weighted by molar-refractivity contribution is -0.143. The third kappa shape index (κ3) is 3.05. The van der Waals surface area contributed by atoms with Gasteiger partial charge < -0.3 is 0 Å². The Morgan fingerprint density at radius 1 is 1.31 bits per heavy atom. The molecule has 1 fully saturated rings. The average Bonchev–Trinajstić information content (AvgIpc) is 2.05. The van der Waals surface area contributed by atoms with Crippen molar-refractivity contribution in [2.45, 2.75) is 51.4 Å². The van der Waals surface area contributed by atoms with Gasteiger partial charge in [-0.3, -0.25) is 4.79 Å². The van der Waals surface area contributed by atoms with Gasteiger partial charge in [-0.2, -0.15) is 8.78 Å². The molecule has 0 atom stereocenters. The van der Waals surface area contributed by atoms with E-state index in [1.807, 2.05) is 0 Å². The molecule has 1 rings (SSSR count). The highest BCUT2D eigenvalue weighted by Gasteiger charge is 2.37. The standard InChI is InChI=1S/C10H16F2O/c1-8(13)10(11,12)7-9-5-3-2-4-6-9/h9H,2-7H2,1H3. The van der Waals surface area contributed by atoms with Crippen LogP contribution in [0.3, 0.4) is 0 Å². The zero-order valence-corrected chi connectivity index (χ0v) is 7.98. The van der Waals surface area contributed by atoms with Crippen molar-refractivity contribution in [3.05, 3.63) is 0 Å². The average molecular weight is 190 g/mol. The molecular weight excluding hydrogens is 174 g/mol. The van der Waals surface area contributed by atoms with Gasteiger partial charge in [0.15, 0.2) is 5.78 Å². The fourth-order valence-corrected chi connectivity index (χ4v) is 1.90. The maximum absolute atomic E-state index is 13.0. The molecule has 3 heteroatoms. The highest BCUT2D eigenvalue weighted by molar-refractivity contribution is 5.82. The third-order valence-corrected chi connectivity index (χ3v) is 2.78. The van der Waals surface area contributed by atoms with E-state index in [9.17, 15) is 13.6 Å². The van der Waals surface area contributed by atoms with Crippen LogP contribution in [0.1, 0.15) is 45.4 Å². The molecule has 1 nitrogen and oxygen atoms in total. The first-order valence-electron chi connectivity index (χ1n) is 4.91. The van der Waals surface area contributed by atoms with Gasteiger partial charge in [0.25, 0.3) is 0 Å². The molecule has 0 bridgehead atoms. The molecule has 0 radical (unpaired) electrons. The van der Waals surface area contributed by atoms with Crippen LogP contribution in [-0.2, 0) is 4.79 Å². The number of ketones is 1. The molecule has 0 aromatic carbocycles. The smallest absolute Gasteiger partial charge is 0.293 e. The Kier molecular flexibility index (Phi) is 3.40. The molecule has 0 saturated heterocycles. The first-order valence-corrected chi connectivity index (χ1v) is 4.91. The second kappa shape index (κ2) is 4.16. The minimum atomic E-state index is -3.08. The summed E-state index contributed by atoms with van der Waals surface area (Å²) in [6.07, 6.45) is 4.73. The normalized spacial score (nSPS) is 20.2. The predicted molar refractivity (Wildman–Crippen MR) is 46.8 cm³/mol. The summed E-state index contributed by atoms with van der Waals surface area (Å²) in [6, 6.07) is 0. The molecule has 76 valence electrons. The molecule has 1 aliphatic rings. The van der Waals surface area contributed by atoms with E-state index >= 15 is 0 Å². The molecule has 0 spiro atoms. The molecule has 0 heterocycles. The van der Waals surface area contributed by atoms with Gasteiger partial charge in [-0.1, -0.05) is 32.1 Å². The second-order valence-corrected chi connectivity index (χ2v) is 3.97. The number of carbonyl (C=O) groups excluding carboxylic acids is 1. The molecule has 0 amide bonds. The number of hydrogen-bond acceptors (Lipinski definition) is 1. The van der Waals surface area contributed by atoms with Gasteiger partial charge in [-0.15, -0.1) is 0 Å². The quantitative estimate of drug-likeness (QED) is 0.668. The second-order valence-electron chi connectivity index (χ2n) is 3.97. The third-order valence-electron chi connectivity index (χ3n) is 2.78. The van der Waals surface area contributed by atoms with Crippen molar-refractivity contribution in [2.75, 3.05) is 0 Å². The predicted octanol–water partition coefficient (Wildman–Crippen LogP) is 3.18. The van der Waals surface area contributed by atoms with E-state index in [1.165, 1.54) is 0 Å². The largest absolute Gasteiger partial charge is 0.305 e. The van der Waals surface area contributed by atoms with E-state index in [4.69, 9.17) is 0 Å². The molecular formula is C10H16F2O. The van der Waals surface area contributed by atoms with Gasteiger partial charge >= 0.3 is 5.92 Å². The monoisotopic (exact) mass is 190 g/mol. The van der Waals surface area contributed by atoms with Crippen LogP contribution in [0, 0.1) is 5.92 Å². The zero-order chi connectivity index (χ0) is 9.90. The fraction of sp³-hybridized carbons (Fsp3) is 0.900. The lowest BCUT2D eigenvalue weighted by atomic mass is 9.84. The maximum atomic E-state index is 13.0. The SMILES string of the molecule is CC(=O)C(F)(F)CC1CCCCC1. The lowest BCUT2D eigenvalue weighted by Gasteiger charge is -2.24. The minimum Gasteiger partial charge on any atom is -0.293 e. The van der Waals surface area contributed by atoms with E-state index in [-0.39, 0.29) is 12.3 Å². The number of hydrogen-bond donors (Lipinski definition) is 0. The summed E-state index contributed by atoms with van der Waals surface area (Å²) in [5, 5.41) is 0. The van der Waals surface area contributed by atoms with Gasteiger partial charge in [-0.25, -0.2) is 0 Å². The van der Waals surface area contributed by atoms with Crippen molar-refractivity contribution in [3.63, 3.8) is 0 Å². The zero-order valence-electron chi connectivity index (χ0n) is 7.98. The molecule has 0 aromatic heterocycles. The van der Waals surface area contributed by atoms with Gasteiger partial charge in [-0.05, 0) is 5.92 Å². The molecule has 0 unspecified atom stereocenters. The molecule has 0 aromatic rings. The lowest BCUT2D eigenvalue weighted by Crippen LogP contribution is -2.29. The number of carbonyl (C=O) groups is 1. The summed E-state index contributed by atoms with van der Waals surface area (Å²) in [5.74, 6) is -4.01. The van der Waals surface area contributed by atoms with Crippen molar-refractivity contribution in [1.29, 1.82) is 0 Å². The first kappa shape index (κ1) is 10.6. The summed E-state index contributed by atoms with van der Waals surface area (Å²) in [4.78, 5) is 10.6. The molecule has 1 aliphatic carbocycles. The van der Waals surface area contributed by atoms with Gasteiger partial charge in [0, 0.05) is 13.3 Å². The van der Waals surface area contributed by atoms with Gasteiger partial charge in [0.05, 0.1) is 0 Å². The van der Waals surface area contributed by atoms with Crippen LogP contribution in [0.2, 0.25) is 0 Å². The van der Waals surface area contributed by atoms with Crippen molar-refractivity contribution in [3.8, 4) is 0 Å². The number of halogens is 2. The van der Waals surface area contributed by atoms with Crippen molar-refractivity contribution >= 4 is 5.78 Å². The highest BCUT2D eigenvalue weighted by Crippen LogP contribution is 2.33. The minimum absolute atomic E-state index is 0.0626. The van der Waals surface area contributed by atoms with Gasteiger partial charge in [0.2, 0.25) is 0 Å². The van der Waals surface area contributed by atoms with Crippen molar-refractivity contribution in [1.82, 2.24) is 0 Å². The Bertz CT molecular complexity index is 183. The first-order chi connectivity index (χ1) is 6.02. The fourth-order valence-electron chi connectivity index (χ4n) is 1.90. The number of rotatable bonds is 3. The van der Waals surface area contributed by atoms with Crippen LogP contribution in [0.5, 0.6) is 0 Å². The van der Waals surface area contributed by atoms with E-state index in [1.54, 1.807) is 0 Å². The molecule has 1 saturated carbocycles. The topological polar surface area (TPSA) is 17.1 Å². The number of Topliss-reactive ketones (excluding diaryl/α,β-unsaturated/α-hetero) is 1. The summed E-state index contributed by atoms with van der Waals surface area (Å²) < 4.78 is 26.0. The summed E-state index contributed by atoms with van der Waals surface area (Å²) in [6.45, 7) is 0.975. The van der Waals surface area contributed by atoms with Crippen LogP contribution in [0.15, 0.2) is 0 Å². The summed E-state index contributed by atoms with van der Waals surface area (Å²) >= 11 is 0. The van der Waals surface area contributed by atoms with Crippen LogP contribution in [0.4, 0.5) is 8.78 Å². The Hall–Kier alpha value is -0.470. The molecule has 13 heavy (non-hydrogen) atoms. The Labute approximate surface area is 77.5 Å². The van der Waals surface area contributed by atoms with Crippen LogP contribution in [0.25, 0.3) is 0 Å². The van der Waals surface area contributed by atoms with E-state index < -0.39 is 11.7 Å². The summed E-state index contributed by atoms with van der Waals surface area (Å²) in [5.41, 5.74) is 0. The van der Waals surface area contributed by atoms with E-state index in [2.05, 4.69) is 0 Å². The Balaban J connectivity index is 2.41. The van der Waals surface area contributed by atoms with E-state index in [0.29, 0.717) is 0 Å². The van der Waals surface area contributed by atoms with Crippen molar-refractivity contribution in [2.24, 2.45) is 5.92 Å². The highest BCUT2D eigenvalue weighted by atomic mass is 19.3. The number of alkyl halides is 2. The Morgan fingerprint density at radius 3 is 2.31 bits per heavy atom. The summed E-state index contributed by atoms with van der Waals surface area (Å²) in [7, 11) is 0. The maximum Gasteiger partial charge on any atom is 0.305 e. The molecule has 0 aliphatic heterocycles.